The zero-order chi connectivity index (χ0) is 14.1. The van der Waals surface area contributed by atoms with Gasteiger partial charge in [-0.2, -0.15) is 0 Å². The molecule has 0 spiro atoms. The smallest absolute Gasteiger partial charge is 0.307 e. The lowest BCUT2D eigenvalue weighted by Gasteiger charge is -2.04. The molecule has 20 heavy (non-hydrogen) atoms. The van der Waals surface area contributed by atoms with Crippen molar-refractivity contribution in [1.29, 1.82) is 0 Å². The molecule has 1 heterocycles. The van der Waals surface area contributed by atoms with Gasteiger partial charge in [0.05, 0.1) is 17.7 Å². The third-order valence-corrected chi connectivity index (χ3v) is 3.44. The van der Waals surface area contributed by atoms with Crippen molar-refractivity contribution in [1.82, 2.24) is 0 Å². The van der Waals surface area contributed by atoms with Crippen molar-refractivity contribution in [3.63, 3.8) is 0 Å². The van der Waals surface area contributed by atoms with E-state index >= 15 is 0 Å². The van der Waals surface area contributed by atoms with Gasteiger partial charge in [0.1, 0.15) is 0 Å². The molecule has 4 heteroatoms. The molecular weight excluding hydrogens is 276 g/mol. The highest BCUT2D eigenvalue weighted by molar-refractivity contribution is 6.35. The first kappa shape index (κ1) is 12.8. The van der Waals surface area contributed by atoms with Gasteiger partial charge in [0.15, 0.2) is 5.58 Å². The first-order valence-corrected chi connectivity index (χ1v) is 6.50. The maximum atomic E-state index is 10.9. The van der Waals surface area contributed by atoms with Crippen molar-refractivity contribution in [3.05, 3.63) is 59.3 Å². The number of hydrogen-bond acceptors (Lipinski definition) is 2. The first-order valence-electron chi connectivity index (χ1n) is 6.12. The largest absolute Gasteiger partial charge is 0.481 e. The zero-order valence-corrected chi connectivity index (χ0v) is 11.2. The maximum Gasteiger partial charge on any atom is 0.307 e. The number of furan rings is 1. The van der Waals surface area contributed by atoms with Crippen LogP contribution in [0.15, 0.2) is 53.1 Å². The average molecular weight is 287 g/mol. The summed E-state index contributed by atoms with van der Waals surface area (Å²) in [5, 5.41) is 10.2. The van der Waals surface area contributed by atoms with Gasteiger partial charge in [0, 0.05) is 10.9 Å². The highest BCUT2D eigenvalue weighted by Gasteiger charge is 2.13. The number of carbonyl (C=O) groups is 1. The molecule has 0 amide bonds. The molecule has 0 radical (unpaired) electrons. The molecule has 3 nitrogen and oxygen atoms in total. The zero-order valence-electron chi connectivity index (χ0n) is 10.5. The van der Waals surface area contributed by atoms with Gasteiger partial charge in [-0.3, -0.25) is 4.79 Å². The molecule has 3 rings (SSSR count). The van der Waals surface area contributed by atoms with Crippen molar-refractivity contribution in [2.24, 2.45) is 0 Å². The number of fused-ring (bicyclic) bond motifs is 1. The summed E-state index contributed by atoms with van der Waals surface area (Å²) >= 11 is 6.22. The quantitative estimate of drug-likeness (QED) is 0.777. The Morgan fingerprint density at radius 1 is 1.15 bits per heavy atom. The number of halogens is 1. The van der Waals surface area contributed by atoms with E-state index in [1.807, 2.05) is 42.5 Å². The SMILES string of the molecule is O=C(O)Cc1coc2c(Cl)cc(-c3ccccc3)cc12. The summed E-state index contributed by atoms with van der Waals surface area (Å²) in [7, 11) is 0. The number of aliphatic carboxylic acids is 1. The van der Waals surface area contributed by atoms with Crippen LogP contribution in [0, 0.1) is 0 Å². The Hall–Kier alpha value is -2.26. The second kappa shape index (κ2) is 5.02. The van der Waals surface area contributed by atoms with E-state index in [4.69, 9.17) is 21.1 Å². The molecule has 3 aromatic rings. The van der Waals surface area contributed by atoms with Crippen molar-refractivity contribution in [2.75, 3.05) is 0 Å². The molecule has 0 fully saturated rings. The molecule has 100 valence electrons. The second-order valence-corrected chi connectivity index (χ2v) is 4.94. The normalized spacial score (nSPS) is 10.8. The van der Waals surface area contributed by atoms with E-state index in [1.54, 1.807) is 0 Å². The summed E-state index contributed by atoms with van der Waals surface area (Å²) in [5.74, 6) is -0.895. The number of carboxylic acids is 1. The van der Waals surface area contributed by atoms with Gasteiger partial charge in [-0.05, 0) is 23.3 Å². The fraction of sp³-hybridized carbons (Fsp3) is 0.0625. The van der Waals surface area contributed by atoms with Gasteiger partial charge >= 0.3 is 5.97 Å². The Morgan fingerprint density at radius 3 is 2.60 bits per heavy atom. The van der Waals surface area contributed by atoms with Crippen LogP contribution in [-0.2, 0) is 11.2 Å². The van der Waals surface area contributed by atoms with Crippen molar-refractivity contribution in [3.8, 4) is 11.1 Å². The fourth-order valence-corrected chi connectivity index (χ4v) is 2.51. The highest BCUT2D eigenvalue weighted by Crippen LogP contribution is 2.33. The minimum Gasteiger partial charge on any atom is -0.481 e. The molecular formula is C16H11ClO3. The topological polar surface area (TPSA) is 50.4 Å². The summed E-state index contributed by atoms with van der Waals surface area (Å²) in [6.07, 6.45) is 1.38. The van der Waals surface area contributed by atoms with Gasteiger partial charge in [0.2, 0.25) is 0 Å². The Bertz CT molecular complexity index is 775. The molecule has 0 saturated carbocycles. The van der Waals surface area contributed by atoms with Gasteiger partial charge in [0.25, 0.3) is 0 Å². The van der Waals surface area contributed by atoms with E-state index in [9.17, 15) is 4.79 Å². The maximum absolute atomic E-state index is 10.9. The first-order chi connectivity index (χ1) is 9.65. The van der Waals surface area contributed by atoms with Crippen LogP contribution in [0.5, 0.6) is 0 Å². The van der Waals surface area contributed by atoms with E-state index in [0.29, 0.717) is 16.2 Å². The number of benzene rings is 2. The number of carboxylic acid groups (broad SMARTS) is 1. The lowest BCUT2D eigenvalue weighted by Crippen LogP contribution is -1.98. The van der Waals surface area contributed by atoms with Crippen LogP contribution < -0.4 is 0 Å². The van der Waals surface area contributed by atoms with E-state index in [1.165, 1.54) is 6.26 Å². The number of rotatable bonds is 3. The number of hydrogen-bond donors (Lipinski definition) is 1. The molecule has 0 aliphatic heterocycles. The molecule has 0 aliphatic carbocycles. The lowest BCUT2D eigenvalue weighted by atomic mass is 10.0. The molecule has 0 saturated heterocycles. The molecule has 0 unspecified atom stereocenters. The minimum atomic E-state index is -0.895. The van der Waals surface area contributed by atoms with E-state index < -0.39 is 5.97 Å². The van der Waals surface area contributed by atoms with Gasteiger partial charge in [-0.1, -0.05) is 41.9 Å². The average Bonchev–Trinajstić information content (AvgIpc) is 2.83. The Morgan fingerprint density at radius 2 is 1.90 bits per heavy atom. The van der Waals surface area contributed by atoms with Crippen LogP contribution in [0.25, 0.3) is 22.1 Å². The van der Waals surface area contributed by atoms with Crippen molar-refractivity contribution >= 4 is 28.5 Å². The van der Waals surface area contributed by atoms with Crippen LogP contribution in [-0.4, -0.2) is 11.1 Å². The van der Waals surface area contributed by atoms with E-state index in [-0.39, 0.29) is 6.42 Å². The minimum absolute atomic E-state index is 0.0818. The van der Waals surface area contributed by atoms with Crippen LogP contribution in [0.3, 0.4) is 0 Å². The van der Waals surface area contributed by atoms with Gasteiger partial charge in [-0.25, -0.2) is 0 Å². The Balaban J connectivity index is 2.19. The highest BCUT2D eigenvalue weighted by atomic mass is 35.5. The monoisotopic (exact) mass is 286 g/mol. The molecule has 0 aliphatic rings. The summed E-state index contributed by atoms with van der Waals surface area (Å²) in [4.78, 5) is 10.9. The van der Waals surface area contributed by atoms with Crippen LogP contribution in [0.1, 0.15) is 5.56 Å². The van der Waals surface area contributed by atoms with Crippen LogP contribution in [0.4, 0.5) is 0 Å². The third kappa shape index (κ3) is 2.28. The fourth-order valence-electron chi connectivity index (χ4n) is 2.24. The summed E-state index contributed by atoms with van der Waals surface area (Å²) in [6, 6.07) is 13.5. The van der Waals surface area contributed by atoms with E-state index in [2.05, 4.69) is 0 Å². The molecule has 0 bridgehead atoms. The van der Waals surface area contributed by atoms with Crippen LogP contribution in [0.2, 0.25) is 5.02 Å². The van der Waals surface area contributed by atoms with Crippen LogP contribution >= 0.6 is 11.6 Å². The predicted octanol–water partition coefficient (Wildman–Crippen LogP) is 4.38. The summed E-state index contributed by atoms with van der Waals surface area (Å²) < 4.78 is 5.38. The second-order valence-electron chi connectivity index (χ2n) is 4.53. The molecule has 2 aromatic carbocycles. The third-order valence-electron chi connectivity index (χ3n) is 3.16. The predicted molar refractivity (Wildman–Crippen MR) is 78.0 cm³/mol. The Labute approximate surface area is 120 Å². The summed E-state index contributed by atoms with van der Waals surface area (Å²) in [5.41, 5.74) is 3.13. The van der Waals surface area contributed by atoms with Gasteiger partial charge < -0.3 is 9.52 Å². The molecule has 0 atom stereocenters. The molecule has 1 aromatic heterocycles. The van der Waals surface area contributed by atoms with E-state index in [0.717, 1.165) is 16.5 Å². The molecule has 1 N–H and O–H groups in total. The Kier molecular flexibility index (Phi) is 3.20. The van der Waals surface area contributed by atoms with Crippen molar-refractivity contribution in [2.45, 2.75) is 6.42 Å². The van der Waals surface area contributed by atoms with Gasteiger partial charge in [-0.15, -0.1) is 0 Å². The lowest BCUT2D eigenvalue weighted by molar-refractivity contribution is -0.136. The standard InChI is InChI=1S/C16H11ClO3/c17-14-7-11(10-4-2-1-3-5-10)6-13-12(8-15(18)19)9-20-16(13)14/h1-7,9H,8H2,(H,18,19). The van der Waals surface area contributed by atoms with Crippen molar-refractivity contribution < 1.29 is 14.3 Å². The summed E-state index contributed by atoms with van der Waals surface area (Å²) in [6.45, 7) is 0.